The average Bonchev–Trinajstić information content (AvgIpc) is 2.21. The van der Waals surface area contributed by atoms with Crippen LogP contribution in [0, 0.1) is 13.8 Å². The number of carbonyl (C=O) groups is 1. The molecule has 0 aliphatic heterocycles. The molecule has 1 aromatic carbocycles. The number of carbonyl (C=O) groups excluding carboxylic acids is 1. The largest absolute Gasteiger partial charge is 0.325 e. The number of halogens is 1. The van der Waals surface area contributed by atoms with E-state index in [2.05, 4.69) is 5.32 Å². The number of hydrogen-bond acceptors (Lipinski definition) is 3. The van der Waals surface area contributed by atoms with Crippen LogP contribution in [0.4, 0.5) is 5.69 Å². The summed E-state index contributed by atoms with van der Waals surface area (Å²) in [4.78, 5) is 11.7. The first kappa shape index (κ1) is 16.0. The summed E-state index contributed by atoms with van der Waals surface area (Å²) in [6, 6.07) is 3.71. The lowest BCUT2D eigenvalue weighted by atomic mass is 10.1. The molecule has 1 N–H and O–H groups in total. The van der Waals surface area contributed by atoms with Crippen LogP contribution in [0.2, 0.25) is 5.02 Å². The molecule has 0 aromatic heterocycles. The van der Waals surface area contributed by atoms with Crippen molar-refractivity contribution in [1.29, 1.82) is 0 Å². The maximum Gasteiger partial charge on any atom is 0.224 e. The van der Waals surface area contributed by atoms with Gasteiger partial charge in [-0.1, -0.05) is 17.7 Å². The van der Waals surface area contributed by atoms with Crippen LogP contribution in [0.3, 0.4) is 0 Å². The van der Waals surface area contributed by atoms with Gasteiger partial charge in [0, 0.05) is 12.7 Å². The van der Waals surface area contributed by atoms with Crippen molar-refractivity contribution in [3.8, 4) is 0 Å². The van der Waals surface area contributed by atoms with E-state index in [1.54, 1.807) is 6.07 Å². The van der Waals surface area contributed by atoms with Crippen LogP contribution in [-0.4, -0.2) is 26.3 Å². The van der Waals surface area contributed by atoms with Crippen molar-refractivity contribution in [2.45, 2.75) is 26.7 Å². The third-order valence-electron chi connectivity index (χ3n) is 2.62. The van der Waals surface area contributed by atoms with Crippen molar-refractivity contribution in [3.05, 3.63) is 28.3 Å². The van der Waals surface area contributed by atoms with Gasteiger partial charge in [0.2, 0.25) is 5.91 Å². The lowest BCUT2D eigenvalue weighted by Gasteiger charge is -2.11. The number of benzene rings is 1. The molecule has 106 valence electrons. The van der Waals surface area contributed by atoms with E-state index in [-0.39, 0.29) is 18.1 Å². The fourth-order valence-corrected chi connectivity index (χ4v) is 2.81. The summed E-state index contributed by atoms with van der Waals surface area (Å²) in [5.41, 5.74) is 2.51. The Balaban J connectivity index is 2.63. The van der Waals surface area contributed by atoms with E-state index < -0.39 is 9.84 Å². The lowest BCUT2D eigenvalue weighted by molar-refractivity contribution is -0.116. The molecule has 1 aromatic rings. The zero-order valence-electron chi connectivity index (χ0n) is 11.3. The predicted octanol–water partition coefficient (Wildman–Crippen LogP) is 2.72. The first-order chi connectivity index (χ1) is 8.69. The number of sulfone groups is 1. The molecule has 0 fully saturated rings. The third-order valence-corrected chi connectivity index (χ3v) is 3.94. The molecular formula is C13H18ClNO3S. The fraction of sp³-hybridized carbons (Fsp3) is 0.462. The summed E-state index contributed by atoms with van der Waals surface area (Å²) >= 11 is 6.07. The Morgan fingerprint density at radius 1 is 1.32 bits per heavy atom. The number of amides is 1. The lowest BCUT2D eigenvalue weighted by Crippen LogP contribution is -2.14. The van der Waals surface area contributed by atoms with Crippen LogP contribution < -0.4 is 5.32 Å². The molecule has 0 radical (unpaired) electrons. The van der Waals surface area contributed by atoms with Gasteiger partial charge in [-0.25, -0.2) is 8.42 Å². The standard InChI is InChI=1S/C13H18ClNO3S/c1-9-7-10(2)13(11(14)8-9)15-12(16)5-4-6-19(3,17)18/h7-8H,4-6H2,1-3H3,(H,15,16). The molecule has 1 amide bonds. The molecule has 1 rings (SSSR count). The summed E-state index contributed by atoms with van der Waals surface area (Å²) in [6.07, 6.45) is 1.63. The summed E-state index contributed by atoms with van der Waals surface area (Å²) in [5.74, 6) is -0.210. The summed E-state index contributed by atoms with van der Waals surface area (Å²) < 4.78 is 21.9. The Morgan fingerprint density at radius 2 is 1.95 bits per heavy atom. The molecule has 0 unspecified atom stereocenters. The molecule has 0 saturated carbocycles. The third kappa shape index (κ3) is 5.61. The minimum atomic E-state index is -3.02. The van der Waals surface area contributed by atoms with Crippen LogP contribution in [0.15, 0.2) is 12.1 Å². The number of hydrogen-bond donors (Lipinski definition) is 1. The van der Waals surface area contributed by atoms with E-state index in [0.717, 1.165) is 17.4 Å². The van der Waals surface area contributed by atoms with Crippen molar-refractivity contribution in [1.82, 2.24) is 0 Å². The first-order valence-corrected chi connectivity index (χ1v) is 8.37. The van der Waals surface area contributed by atoms with Crippen molar-refractivity contribution in [2.24, 2.45) is 0 Å². The SMILES string of the molecule is Cc1cc(C)c(NC(=O)CCCS(C)(=O)=O)c(Cl)c1. The van der Waals surface area contributed by atoms with Gasteiger partial charge in [-0.2, -0.15) is 0 Å². The van der Waals surface area contributed by atoms with Gasteiger partial charge < -0.3 is 5.32 Å². The van der Waals surface area contributed by atoms with Gasteiger partial charge in [-0.15, -0.1) is 0 Å². The zero-order valence-corrected chi connectivity index (χ0v) is 12.9. The van der Waals surface area contributed by atoms with Gasteiger partial charge in [-0.3, -0.25) is 4.79 Å². The van der Waals surface area contributed by atoms with E-state index in [0.29, 0.717) is 17.1 Å². The van der Waals surface area contributed by atoms with E-state index in [9.17, 15) is 13.2 Å². The van der Waals surface area contributed by atoms with Gasteiger partial charge >= 0.3 is 0 Å². The second kappa shape index (κ2) is 6.39. The number of aryl methyl sites for hydroxylation is 2. The summed E-state index contributed by atoms with van der Waals surface area (Å²) in [6.45, 7) is 3.79. The molecule has 0 spiro atoms. The molecule has 0 aliphatic rings. The quantitative estimate of drug-likeness (QED) is 0.909. The second-order valence-electron chi connectivity index (χ2n) is 4.72. The molecule has 0 aliphatic carbocycles. The van der Waals surface area contributed by atoms with E-state index in [1.807, 2.05) is 19.9 Å². The zero-order chi connectivity index (χ0) is 14.6. The summed E-state index contributed by atoms with van der Waals surface area (Å²) in [7, 11) is -3.02. The Bertz CT molecular complexity index is 559. The van der Waals surface area contributed by atoms with Crippen LogP contribution in [-0.2, 0) is 14.6 Å². The molecule has 19 heavy (non-hydrogen) atoms. The summed E-state index contributed by atoms with van der Waals surface area (Å²) in [5, 5.41) is 3.22. The monoisotopic (exact) mass is 303 g/mol. The molecule has 0 atom stereocenters. The van der Waals surface area contributed by atoms with Crippen molar-refractivity contribution >= 4 is 33.0 Å². The van der Waals surface area contributed by atoms with Gasteiger partial charge in [0.15, 0.2) is 0 Å². The molecule has 6 heteroatoms. The minimum absolute atomic E-state index is 0.0149. The molecule has 0 heterocycles. The fourth-order valence-electron chi connectivity index (χ4n) is 1.77. The van der Waals surface area contributed by atoms with Gasteiger partial charge in [-0.05, 0) is 37.5 Å². The maximum atomic E-state index is 11.7. The van der Waals surface area contributed by atoms with Crippen LogP contribution in [0.25, 0.3) is 0 Å². The maximum absolute atomic E-state index is 11.7. The van der Waals surface area contributed by atoms with Crippen LogP contribution in [0.1, 0.15) is 24.0 Å². The Kier molecular flexibility index (Phi) is 5.38. The van der Waals surface area contributed by atoms with Crippen LogP contribution >= 0.6 is 11.6 Å². The van der Waals surface area contributed by atoms with E-state index in [1.165, 1.54) is 0 Å². The Hall–Kier alpha value is -1.07. The molecule has 0 bridgehead atoms. The highest BCUT2D eigenvalue weighted by molar-refractivity contribution is 7.90. The first-order valence-electron chi connectivity index (χ1n) is 5.93. The predicted molar refractivity (Wildman–Crippen MR) is 78.5 cm³/mol. The second-order valence-corrected chi connectivity index (χ2v) is 7.39. The topological polar surface area (TPSA) is 63.2 Å². The van der Waals surface area contributed by atoms with E-state index >= 15 is 0 Å². The van der Waals surface area contributed by atoms with Crippen molar-refractivity contribution in [2.75, 3.05) is 17.3 Å². The number of nitrogens with one attached hydrogen (secondary N) is 1. The smallest absolute Gasteiger partial charge is 0.224 e. The highest BCUT2D eigenvalue weighted by Gasteiger charge is 2.10. The number of rotatable bonds is 5. The molecule has 0 saturated heterocycles. The minimum Gasteiger partial charge on any atom is -0.325 e. The average molecular weight is 304 g/mol. The van der Waals surface area contributed by atoms with Gasteiger partial charge in [0.05, 0.1) is 16.5 Å². The highest BCUT2D eigenvalue weighted by atomic mass is 35.5. The molecule has 4 nitrogen and oxygen atoms in total. The molecular weight excluding hydrogens is 286 g/mol. The highest BCUT2D eigenvalue weighted by Crippen LogP contribution is 2.27. The van der Waals surface area contributed by atoms with Crippen LogP contribution in [0.5, 0.6) is 0 Å². The normalized spacial score (nSPS) is 11.4. The van der Waals surface area contributed by atoms with Crippen molar-refractivity contribution < 1.29 is 13.2 Å². The number of anilines is 1. The van der Waals surface area contributed by atoms with Gasteiger partial charge in [0.1, 0.15) is 9.84 Å². The van der Waals surface area contributed by atoms with E-state index in [4.69, 9.17) is 11.6 Å². The Labute approximate surface area is 119 Å². The Morgan fingerprint density at radius 3 is 2.47 bits per heavy atom. The van der Waals surface area contributed by atoms with Gasteiger partial charge in [0.25, 0.3) is 0 Å². The van der Waals surface area contributed by atoms with Crippen molar-refractivity contribution in [3.63, 3.8) is 0 Å².